The average Bonchev–Trinajstić information content (AvgIpc) is 2.94. The summed E-state index contributed by atoms with van der Waals surface area (Å²) in [7, 11) is 2.82. The summed E-state index contributed by atoms with van der Waals surface area (Å²) in [5.41, 5.74) is 1.81. The van der Waals surface area contributed by atoms with Gasteiger partial charge in [0.25, 0.3) is 0 Å². The van der Waals surface area contributed by atoms with Crippen LogP contribution in [0.2, 0.25) is 0 Å². The summed E-state index contributed by atoms with van der Waals surface area (Å²) in [6, 6.07) is 31.3. The average molecular weight is 481 g/mol. The molecule has 0 radical (unpaired) electrons. The van der Waals surface area contributed by atoms with Crippen LogP contribution in [0.25, 0.3) is 0 Å². The molecule has 0 saturated carbocycles. The number of nitrogens with zero attached hydrogens (tertiary/aromatic N) is 1. The molecule has 0 saturated heterocycles. The Labute approximate surface area is 210 Å². The number of carbonyl (C=O) groups is 2. The molecule has 0 bridgehead atoms. The number of nitrogens with one attached hydrogen (secondary N) is 1. The SMILES string of the molecule is COC(=O)[C@@H](Cc1cccnc1OC)NC(=O)C(c1ccccc1)(c1ccccc1)c1ccccc1. The number of rotatable bonds is 9. The third-order valence-corrected chi connectivity index (χ3v) is 6.22. The van der Waals surface area contributed by atoms with Gasteiger partial charge in [-0.15, -0.1) is 0 Å². The van der Waals surface area contributed by atoms with Crippen molar-refractivity contribution in [3.05, 3.63) is 132 Å². The molecule has 6 heteroatoms. The highest BCUT2D eigenvalue weighted by molar-refractivity contribution is 5.98. The minimum atomic E-state index is -1.21. The fourth-order valence-electron chi connectivity index (χ4n) is 4.54. The van der Waals surface area contributed by atoms with Gasteiger partial charge in [-0.3, -0.25) is 4.79 Å². The molecule has 1 atom stereocenters. The van der Waals surface area contributed by atoms with Crippen LogP contribution in [0.5, 0.6) is 5.88 Å². The van der Waals surface area contributed by atoms with E-state index in [0.29, 0.717) is 11.4 Å². The maximum atomic E-state index is 14.5. The zero-order valence-corrected chi connectivity index (χ0v) is 20.3. The number of ether oxygens (including phenoxy) is 2. The number of hydrogen-bond acceptors (Lipinski definition) is 5. The lowest BCUT2D eigenvalue weighted by Gasteiger charge is -2.35. The fraction of sp³-hybridized carbons (Fsp3) is 0.167. The Balaban J connectivity index is 1.85. The van der Waals surface area contributed by atoms with Crippen LogP contribution >= 0.6 is 0 Å². The van der Waals surface area contributed by atoms with Crippen molar-refractivity contribution >= 4 is 11.9 Å². The molecule has 0 fully saturated rings. The molecule has 4 aromatic rings. The summed E-state index contributed by atoms with van der Waals surface area (Å²) < 4.78 is 10.4. The van der Waals surface area contributed by atoms with Gasteiger partial charge in [0.1, 0.15) is 11.5 Å². The minimum absolute atomic E-state index is 0.157. The van der Waals surface area contributed by atoms with Crippen LogP contribution in [-0.2, 0) is 26.2 Å². The Kier molecular flexibility index (Phi) is 7.75. The van der Waals surface area contributed by atoms with Crippen molar-refractivity contribution in [2.75, 3.05) is 14.2 Å². The smallest absolute Gasteiger partial charge is 0.328 e. The van der Waals surface area contributed by atoms with Gasteiger partial charge in [-0.25, -0.2) is 9.78 Å². The van der Waals surface area contributed by atoms with Gasteiger partial charge in [0.15, 0.2) is 0 Å². The van der Waals surface area contributed by atoms with E-state index in [-0.39, 0.29) is 12.3 Å². The van der Waals surface area contributed by atoms with Crippen molar-refractivity contribution in [1.82, 2.24) is 10.3 Å². The largest absolute Gasteiger partial charge is 0.481 e. The Morgan fingerprint density at radius 2 is 1.28 bits per heavy atom. The monoisotopic (exact) mass is 480 g/mol. The highest BCUT2D eigenvalue weighted by Crippen LogP contribution is 2.39. The molecule has 182 valence electrons. The van der Waals surface area contributed by atoms with Gasteiger partial charge in [0, 0.05) is 18.2 Å². The molecule has 36 heavy (non-hydrogen) atoms. The molecule has 0 aliphatic rings. The van der Waals surface area contributed by atoms with Gasteiger partial charge in [-0.05, 0) is 22.8 Å². The lowest BCUT2D eigenvalue weighted by Crippen LogP contribution is -2.52. The number of benzene rings is 3. The van der Waals surface area contributed by atoms with E-state index in [9.17, 15) is 9.59 Å². The second-order valence-corrected chi connectivity index (χ2v) is 8.27. The zero-order valence-electron chi connectivity index (χ0n) is 20.3. The number of aromatic nitrogens is 1. The molecular formula is C30H28N2O4. The first-order valence-electron chi connectivity index (χ1n) is 11.6. The lowest BCUT2D eigenvalue weighted by molar-refractivity contribution is -0.145. The van der Waals surface area contributed by atoms with Crippen molar-refractivity contribution in [3.63, 3.8) is 0 Å². The van der Waals surface area contributed by atoms with Crippen LogP contribution in [0.3, 0.4) is 0 Å². The van der Waals surface area contributed by atoms with Gasteiger partial charge in [-0.1, -0.05) is 97.1 Å². The van der Waals surface area contributed by atoms with Crippen LogP contribution in [0.15, 0.2) is 109 Å². The second kappa shape index (κ2) is 11.3. The molecule has 1 heterocycles. The number of esters is 1. The van der Waals surface area contributed by atoms with Crippen molar-refractivity contribution < 1.29 is 19.1 Å². The van der Waals surface area contributed by atoms with E-state index in [2.05, 4.69) is 10.3 Å². The number of pyridine rings is 1. The Hall–Kier alpha value is -4.45. The Morgan fingerprint density at radius 3 is 1.72 bits per heavy atom. The molecule has 0 aliphatic carbocycles. The third kappa shape index (κ3) is 4.84. The van der Waals surface area contributed by atoms with Crippen LogP contribution in [0, 0.1) is 0 Å². The maximum Gasteiger partial charge on any atom is 0.328 e. The summed E-state index contributed by atoms with van der Waals surface area (Å²) in [5.74, 6) is -0.511. The van der Waals surface area contributed by atoms with E-state index >= 15 is 0 Å². The van der Waals surface area contributed by atoms with Crippen LogP contribution in [0.1, 0.15) is 22.3 Å². The van der Waals surface area contributed by atoms with Gasteiger partial charge < -0.3 is 14.8 Å². The predicted molar refractivity (Wildman–Crippen MR) is 138 cm³/mol. The van der Waals surface area contributed by atoms with E-state index < -0.39 is 17.4 Å². The van der Waals surface area contributed by atoms with Gasteiger partial charge in [0.05, 0.1) is 14.2 Å². The topological polar surface area (TPSA) is 77.5 Å². The summed E-state index contributed by atoms with van der Waals surface area (Å²) in [6.07, 6.45) is 1.77. The third-order valence-electron chi connectivity index (χ3n) is 6.22. The molecule has 1 aromatic heterocycles. The number of methoxy groups -OCH3 is 2. The lowest BCUT2D eigenvalue weighted by atomic mass is 9.68. The zero-order chi connectivity index (χ0) is 25.4. The van der Waals surface area contributed by atoms with Crippen molar-refractivity contribution in [3.8, 4) is 5.88 Å². The molecule has 0 unspecified atom stereocenters. The molecule has 0 aliphatic heterocycles. The Bertz CT molecular complexity index is 1200. The van der Waals surface area contributed by atoms with Crippen molar-refractivity contribution in [1.29, 1.82) is 0 Å². The highest BCUT2D eigenvalue weighted by Gasteiger charge is 2.45. The van der Waals surface area contributed by atoms with Gasteiger partial charge in [0.2, 0.25) is 11.8 Å². The number of carbonyl (C=O) groups excluding carboxylic acids is 2. The first-order chi connectivity index (χ1) is 17.6. The Morgan fingerprint density at radius 1 is 0.778 bits per heavy atom. The molecular weight excluding hydrogens is 452 g/mol. The molecule has 0 spiro atoms. The molecule has 3 aromatic carbocycles. The fourth-order valence-corrected chi connectivity index (χ4v) is 4.54. The van der Waals surface area contributed by atoms with E-state index in [1.54, 1.807) is 12.3 Å². The first kappa shape index (κ1) is 24.7. The number of amides is 1. The van der Waals surface area contributed by atoms with E-state index in [1.807, 2.05) is 97.1 Å². The maximum absolute atomic E-state index is 14.5. The molecule has 1 N–H and O–H groups in total. The minimum Gasteiger partial charge on any atom is -0.481 e. The number of hydrogen-bond donors (Lipinski definition) is 1. The normalized spacial score (nSPS) is 11.8. The van der Waals surface area contributed by atoms with E-state index in [4.69, 9.17) is 9.47 Å². The van der Waals surface area contributed by atoms with Crippen LogP contribution < -0.4 is 10.1 Å². The molecule has 1 amide bonds. The van der Waals surface area contributed by atoms with E-state index in [1.165, 1.54) is 14.2 Å². The summed E-state index contributed by atoms with van der Waals surface area (Å²) in [5, 5.41) is 3.01. The summed E-state index contributed by atoms with van der Waals surface area (Å²) in [6.45, 7) is 0. The second-order valence-electron chi connectivity index (χ2n) is 8.27. The standard InChI is InChI=1S/C30H28N2O4/c1-35-27-22(13-12-20-31-27)21-26(28(33)36-2)32-29(34)30(23-14-6-3-7-15-23,24-16-8-4-9-17-24)25-18-10-5-11-19-25/h3-20,26H,21H2,1-2H3,(H,32,34)/t26-/m1/s1. The predicted octanol–water partition coefficient (Wildman–Crippen LogP) is 4.33. The summed E-state index contributed by atoms with van der Waals surface area (Å²) >= 11 is 0. The van der Waals surface area contributed by atoms with Crippen molar-refractivity contribution in [2.45, 2.75) is 17.9 Å². The summed E-state index contributed by atoms with van der Waals surface area (Å²) in [4.78, 5) is 31.6. The van der Waals surface area contributed by atoms with Crippen LogP contribution in [0.4, 0.5) is 0 Å². The first-order valence-corrected chi connectivity index (χ1v) is 11.6. The highest BCUT2D eigenvalue weighted by atomic mass is 16.5. The van der Waals surface area contributed by atoms with E-state index in [0.717, 1.165) is 16.7 Å². The quantitative estimate of drug-likeness (QED) is 0.285. The van der Waals surface area contributed by atoms with Crippen molar-refractivity contribution in [2.24, 2.45) is 0 Å². The van der Waals surface area contributed by atoms with Gasteiger partial charge in [-0.2, -0.15) is 0 Å². The molecule has 4 rings (SSSR count). The van der Waals surface area contributed by atoms with Crippen LogP contribution in [-0.4, -0.2) is 37.1 Å². The van der Waals surface area contributed by atoms with Gasteiger partial charge >= 0.3 is 5.97 Å². The molecule has 6 nitrogen and oxygen atoms in total.